The minimum atomic E-state index is -0.293. The number of carbonyl (C=O) groups is 1. The third kappa shape index (κ3) is 3.25. The van der Waals surface area contributed by atoms with E-state index < -0.39 is 0 Å². The summed E-state index contributed by atoms with van der Waals surface area (Å²) in [7, 11) is 0. The van der Waals surface area contributed by atoms with Gasteiger partial charge in [-0.3, -0.25) is 4.90 Å². The molecule has 3 heterocycles. The van der Waals surface area contributed by atoms with E-state index in [4.69, 9.17) is 21.1 Å². The summed E-state index contributed by atoms with van der Waals surface area (Å²) in [6.07, 6.45) is 2.31. The van der Waals surface area contributed by atoms with Crippen LogP contribution in [0.15, 0.2) is 24.3 Å². The van der Waals surface area contributed by atoms with Gasteiger partial charge in [0.1, 0.15) is 11.9 Å². The molecule has 2 bridgehead atoms. The van der Waals surface area contributed by atoms with Crippen LogP contribution in [0.2, 0.25) is 5.02 Å². The molecule has 0 aromatic heterocycles. The van der Waals surface area contributed by atoms with Gasteiger partial charge in [0.2, 0.25) is 0 Å². The van der Waals surface area contributed by atoms with Crippen molar-refractivity contribution in [2.24, 2.45) is 5.92 Å². The Kier molecular flexibility index (Phi) is 4.13. The van der Waals surface area contributed by atoms with Gasteiger partial charge in [0.05, 0.1) is 0 Å². The van der Waals surface area contributed by atoms with Gasteiger partial charge in [-0.1, -0.05) is 11.6 Å². The van der Waals surface area contributed by atoms with Crippen LogP contribution in [-0.4, -0.2) is 43.2 Å². The molecule has 4 rings (SSSR count). The summed E-state index contributed by atoms with van der Waals surface area (Å²) in [5, 5.41) is 0.646. The smallest absolute Gasteiger partial charge is 0.344 e. The minimum absolute atomic E-state index is 0.0406. The van der Waals surface area contributed by atoms with E-state index in [0.717, 1.165) is 32.5 Å². The molecule has 3 aliphatic rings. The van der Waals surface area contributed by atoms with Crippen LogP contribution < -0.4 is 4.74 Å². The predicted octanol–water partition coefficient (Wildman–Crippen LogP) is 2.36. The Balaban J connectivity index is 1.46. The third-order valence-electron chi connectivity index (χ3n) is 4.05. The highest BCUT2D eigenvalue weighted by atomic mass is 35.5. The second-order valence-corrected chi connectivity index (χ2v) is 5.85. The van der Waals surface area contributed by atoms with Crippen molar-refractivity contribution in [3.8, 4) is 5.75 Å². The lowest BCUT2D eigenvalue weighted by molar-refractivity contribution is -0.161. The Morgan fingerprint density at radius 3 is 2.55 bits per heavy atom. The lowest BCUT2D eigenvalue weighted by Crippen LogP contribution is -2.52. The van der Waals surface area contributed by atoms with Gasteiger partial charge in [0.25, 0.3) is 0 Å². The lowest BCUT2D eigenvalue weighted by Gasteiger charge is -2.43. The van der Waals surface area contributed by atoms with Crippen molar-refractivity contribution in [3.63, 3.8) is 0 Å². The molecule has 3 fully saturated rings. The summed E-state index contributed by atoms with van der Waals surface area (Å²) in [6, 6.07) is 6.94. The van der Waals surface area contributed by atoms with Crippen LogP contribution in [0.4, 0.5) is 0 Å². The monoisotopic (exact) mass is 295 g/mol. The third-order valence-corrected chi connectivity index (χ3v) is 4.30. The average Bonchev–Trinajstić information content (AvgIpc) is 2.48. The lowest BCUT2D eigenvalue weighted by atomic mass is 9.86. The Hall–Kier alpha value is -1.26. The summed E-state index contributed by atoms with van der Waals surface area (Å²) in [5.41, 5.74) is 0. The standard InChI is InChI=1S/C15H18ClNO3/c16-12-1-3-13(4-2-12)19-10-15(18)20-14-9-17-7-5-11(14)6-8-17/h1-4,11,14H,5-10H2/t14-/m0/s1. The highest BCUT2D eigenvalue weighted by molar-refractivity contribution is 6.30. The van der Waals surface area contributed by atoms with Crippen LogP contribution in [0.5, 0.6) is 5.75 Å². The maximum atomic E-state index is 11.8. The Morgan fingerprint density at radius 1 is 1.25 bits per heavy atom. The SMILES string of the molecule is O=C(COc1ccc(Cl)cc1)O[C@H]1CN2CCC1CC2. The molecule has 0 radical (unpaired) electrons. The summed E-state index contributed by atoms with van der Waals surface area (Å²) in [4.78, 5) is 14.2. The highest BCUT2D eigenvalue weighted by Crippen LogP contribution is 2.29. The zero-order valence-electron chi connectivity index (χ0n) is 11.3. The van der Waals surface area contributed by atoms with E-state index in [0.29, 0.717) is 16.7 Å². The van der Waals surface area contributed by atoms with E-state index in [-0.39, 0.29) is 18.7 Å². The molecule has 3 saturated heterocycles. The first-order chi connectivity index (χ1) is 9.70. The fraction of sp³-hybridized carbons (Fsp3) is 0.533. The van der Waals surface area contributed by atoms with Crippen LogP contribution in [-0.2, 0) is 9.53 Å². The Labute approximate surface area is 123 Å². The molecule has 0 N–H and O–H groups in total. The number of hydrogen-bond acceptors (Lipinski definition) is 4. The minimum Gasteiger partial charge on any atom is -0.482 e. The van der Waals surface area contributed by atoms with Gasteiger partial charge in [0.15, 0.2) is 6.61 Å². The predicted molar refractivity (Wildman–Crippen MR) is 76.0 cm³/mol. The summed E-state index contributed by atoms with van der Waals surface area (Å²) < 4.78 is 10.9. The molecule has 0 spiro atoms. The first-order valence-electron chi connectivity index (χ1n) is 7.01. The van der Waals surface area contributed by atoms with Crippen LogP contribution in [0.1, 0.15) is 12.8 Å². The van der Waals surface area contributed by atoms with Gasteiger partial charge in [-0.05, 0) is 56.1 Å². The largest absolute Gasteiger partial charge is 0.482 e. The highest BCUT2D eigenvalue weighted by Gasteiger charge is 2.36. The number of ether oxygens (including phenoxy) is 2. The zero-order valence-corrected chi connectivity index (χ0v) is 12.0. The van der Waals surface area contributed by atoms with Gasteiger partial charge in [-0.25, -0.2) is 4.79 Å². The molecule has 20 heavy (non-hydrogen) atoms. The Bertz CT molecular complexity index is 469. The van der Waals surface area contributed by atoms with Crippen LogP contribution in [0, 0.1) is 5.92 Å². The second kappa shape index (κ2) is 6.02. The molecule has 4 nitrogen and oxygen atoms in total. The van der Waals surface area contributed by atoms with Crippen molar-refractivity contribution >= 4 is 17.6 Å². The number of piperidine rings is 3. The number of nitrogens with zero attached hydrogens (tertiary/aromatic N) is 1. The van der Waals surface area contributed by atoms with Crippen molar-refractivity contribution in [3.05, 3.63) is 29.3 Å². The molecule has 108 valence electrons. The van der Waals surface area contributed by atoms with Crippen LogP contribution in [0.25, 0.3) is 0 Å². The molecule has 0 amide bonds. The summed E-state index contributed by atoms with van der Waals surface area (Å²) >= 11 is 5.79. The van der Waals surface area contributed by atoms with Gasteiger partial charge in [-0.2, -0.15) is 0 Å². The second-order valence-electron chi connectivity index (χ2n) is 5.41. The fourth-order valence-electron chi connectivity index (χ4n) is 2.92. The molecule has 0 saturated carbocycles. The van der Waals surface area contributed by atoms with Gasteiger partial charge in [-0.15, -0.1) is 0 Å². The maximum Gasteiger partial charge on any atom is 0.344 e. The van der Waals surface area contributed by atoms with Crippen molar-refractivity contribution in [2.75, 3.05) is 26.2 Å². The summed E-state index contributed by atoms with van der Waals surface area (Å²) in [5.74, 6) is 0.860. The quantitative estimate of drug-likeness (QED) is 0.799. The molecule has 1 aromatic rings. The van der Waals surface area contributed by atoms with E-state index in [2.05, 4.69) is 4.90 Å². The summed E-state index contributed by atoms with van der Waals surface area (Å²) in [6.45, 7) is 3.10. The number of fused-ring (bicyclic) bond motifs is 3. The van der Waals surface area contributed by atoms with Crippen molar-refractivity contribution in [1.82, 2.24) is 4.90 Å². The normalized spacial score (nSPS) is 28.1. The van der Waals surface area contributed by atoms with Gasteiger partial charge in [0, 0.05) is 11.6 Å². The molecule has 0 aliphatic carbocycles. The van der Waals surface area contributed by atoms with Crippen molar-refractivity contribution < 1.29 is 14.3 Å². The number of benzene rings is 1. The van der Waals surface area contributed by atoms with Crippen LogP contribution >= 0.6 is 11.6 Å². The molecular formula is C15H18ClNO3. The molecule has 3 aliphatic heterocycles. The first kappa shape index (κ1) is 13.7. The molecular weight excluding hydrogens is 278 g/mol. The maximum absolute atomic E-state index is 11.8. The van der Waals surface area contributed by atoms with E-state index in [1.165, 1.54) is 0 Å². The topological polar surface area (TPSA) is 38.8 Å². The van der Waals surface area contributed by atoms with E-state index in [1.807, 2.05) is 0 Å². The van der Waals surface area contributed by atoms with Crippen LogP contribution in [0.3, 0.4) is 0 Å². The molecule has 1 aromatic carbocycles. The number of esters is 1. The van der Waals surface area contributed by atoms with Gasteiger partial charge >= 0.3 is 5.97 Å². The zero-order chi connectivity index (χ0) is 13.9. The number of rotatable bonds is 4. The van der Waals surface area contributed by atoms with E-state index in [1.54, 1.807) is 24.3 Å². The van der Waals surface area contributed by atoms with Crippen molar-refractivity contribution in [2.45, 2.75) is 18.9 Å². The van der Waals surface area contributed by atoms with Gasteiger partial charge < -0.3 is 9.47 Å². The number of hydrogen-bond donors (Lipinski definition) is 0. The number of halogens is 1. The Morgan fingerprint density at radius 2 is 1.95 bits per heavy atom. The first-order valence-corrected chi connectivity index (χ1v) is 7.39. The average molecular weight is 296 g/mol. The van der Waals surface area contributed by atoms with E-state index in [9.17, 15) is 4.79 Å². The van der Waals surface area contributed by atoms with E-state index >= 15 is 0 Å². The molecule has 5 heteroatoms. The number of carbonyl (C=O) groups excluding carboxylic acids is 1. The molecule has 0 unspecified atom stereocenters. The van der Waals surface area contributed by atoms with Crippen molar-refractivity contribution in [1.29, 1.82) is 0 Å². The fourth-order valence-corrected chi connectivity index (χ4v) is 3.05. The molecule has 1 atom stereocenters.